The van der Waals surface area contributed by atoms with Crippen molar-refractivity contribution in [3.8, 4) is 5.75 Å². The van der Waals surface area contributed by atoms with E-state index in [0.717, 1.165) is 5.56 Å². The Hall–Kier alpha value is -1.07. The molecule has 0 radical (unpaired) electrons. The van der Waals surface area contributed by atoms with Gasteiger partial charge in [-0.3, -0.25) is 0 Å². The molecule has 114 valence electrons. The van der Waals surface area contributed by atoms with Crippen LogP contribution in [0, 0.1) is 0 Å². The molecular formula is C15H24O4S. The van der Waals surface area contributed by atoms with Gasteiger partial charge in [0.25, 0.3) is 0 Å². The second-order valence-electron chi connectivity index (χ2n) is 5.70. The zero-order valence-corrected chi connectivity index (χ0v) is 13.4. The Balaban J connectivity index is 2.44. The number of aliphatic hydroxyl groups is 1. The molecule has 0 heterocycles. The van der Waals surface area contributed by atoms with Gasteiger partial charge < -0.3 is 9.84 Å². The average molecular weight is 300 g/mol. The van der Waals surface area contributed by atoms with E-state index in [2.05, 4.69) is 0 Å². The molecule has 0 bridgehead atoms. The van der Waals surface area contributed by atoms with E-state index in [0.29, 0.717) is 18.8 Å². The molecule has 0 aromatic heterocycles. The second-order valence-corrected chi connectivity index (χ2v) is 8.38. The molecular weight excluding hydrogens is 276 g/mol. The van der Waals surface area contributed by atoms with E-state index in [1.807, 2.05) is 0 Å². The van der Waals surface area contributed by atoms with Crippen LogP contribution in [0.2, 0.25) is 0 Å². The maximum absolute atomic E-state index is 11.6. The monoisotopic (exact) mass is 300 g/mol. The van der Waals surface area contributed by atoms with Gasteiger partial charge in [0.15, 0.2) is 9.84 Å². The van der Waals surface area contributed by atoms with Gasteiger partial charge in [-0.05, 0) is 51.8 Å². The zero-order valence-electron chi connectivity index (χ0n) is 12.6. The molecule has 0 fully saturated rings. The van der Waals surface area contributed by atoms with Crippen LogP contribution in [0.25, 0.3) is 0 Å². The highest BCUT2D eigenvalue weighted by Gasteiger charge is 2.16. The van der Waals surface area contributed by atoms with Crippen molar-refractivity contribution in [2.24, 2.45) is 0 Å². The summed E-state index contributed by atoms with van der Waals surface area (Å²) in [5.74, 6) is 0.826. The fourth-order valence-corrected chi connectivity index (χ4v) is 2.64. The summed E-state index contributed by atoms with van der Waals surface area (Å²) < 4.78 is 28.7. The van der Waals surface area contributed by atoms with Gasteiger partial charge in [-0.2, -0.15) is 0 Å². The fraction of sp³-hybridized carbons (Fsp3) is 0.600. The molecule has 0 spiro atoms. The molecule has 20 heavy (non-hydrogen) atoms. The van der Waals surface area contributed by atoms with Crippen LogP contribution in [-0.4, -0.2) is 31.1 Å². The number of sulfone groups is 1. The summed E-state index contributed by atoms with van der Waals surface area (Å²) >= 11 is 0. The first-order valence-corrected chi connectivity index (χ1v) is 8.52. The second kappa shape index (κ2) is 6.59. The molecule has 0 aliphatic rings. The quantitative estimate of drug-likeness (QED) is 0.786. The lowest BCUT2D eigenvalue weighted by Gasteiger charge is -2.18. The lowest BCUT2D eigenvalue weighted by atomic mass is 9.99. The van der Waals surface area contributed by atoms with E-state index in [-0.39, 0.29) is 11.0 Å². The first-order chi connectivity index (χ1) is 9.13. The minimum atomic E-state index is -2.99. The number of hydrogen-bond acceptors (Lipinski definition) is 4. The van der Waals surface area contributed by atoms with Gasteiger partial charge in [0.05, 0.1) is 23.2 Å². The van der Waals surface area contributed by atoms with Crippen molar-refractivity contribution in [1.29, 1.82) is 0 Å². The van der Waals surface area contributed by atoms with Crippen molar-refractivity contribution < 1.29 is 18.3 Å². The first kappa shape index (κ1) is 17.0. The highest BCUT2D eigenvalue weighted by molar-refractivity contribution is 7.91. The third-order valence-electron chi connectivity index (χ3n) is 3.12. The summed E-state index contributed by atoms with van der Waals surface area (Å²) in [6, 6.07) is 7.18. The normalized spacial score (nSPS) is 12.7. The van der Waals surface area contributed by atoms with Crippen LogP contribution in [-0.2, 0) is 15.4 Å². The molecule has 0 saturated carbocycles. The average Bonchev–Trinajstić information content (AvgIpc) is 2.34. The molecule has 0 unspecified atom stereocenters. The summed E-state index contributed by atoms with van der Waals surface area (Å²) in [7, 11) is -2.99. The minimum absolute atomic E-state index is 0.145. The standard InChI is InChI=1S/C15H24O4S/c1-12(2)20(17,18)11-5-10-19-14-8-6-13(7-9-14)15(3,4)16/h6-9,12,16H,5,10-11H2,1-4H3. The maximum atomic E-state index is 11.6. The molecule has 1 aromatic carbocycles. The minimum Gasteiger partial charge on any atom is -0.494 e. The molecule has 0 aliphatic carbocycles. The van der Waals surface area contributed by atoms with Gasteiger partial charge in [-0.25, -0.2) is 8.42 Å². The van der Waals surface area contributed by atoms with Crippen molar-refractivity contribution in [2.75, 3.05) is 12.4 Å². The van der Waals surface area contributed by atoms with Gasteiger partial charge in [0.1, 0.15) is 5.75 Å². The van der Waals surface area contributed by atoms with Crippen LogP contribution in [0.3, 0.4) is 0 Å². The van der Waals surface area contributed by atoms with Crippen LogP contribution < -0.4 is 4.74 Å². The Morgan fingerprint density at radius 3 is 2.20 bits per heavy atom. The smallest absolute Gasteiger partial charge is 0.152 e. The summed E-state index contributed by atoms with van der Waals surface area (Å²) in [6.07, 6.45) is 0.480. The number of benzene rings is 1. The third-order valence-corrected chi connectivity index (χ3v) is 5.42. The molecule has 4 nitrogen and oxygen atoms in total. The molecule has 0 amide bonds. The van der Waals surface area contributed by atoms with Gasteiger partial charge in [-0.15, -0.1) is 0 Å². The largest absolute Gasteiger partial charge is 0.494 e. The van der Waals surface area contributed by atoms with Gasteiger partial charge >= 0.3 is 0 Å². The van der Waals surface area contributed by atoms with Gasteiger partial charge in [-0.1, -0.05) is 12.1 Å². The van der Waals surface area contributed by atoms with Crippen LogP contribution in [0.4, 0.5) is 0 Å². The predicted octanol–water partition coefficient (Wildman–Crippen LogP) is 2.51. The lowest BCUT2D eigenvalue weighted by molar-refractivity contribution is 0.0785. The van der Waals surface area contributed by atoms with E-state index < -0.39 is 15.4 Å². The summed E-state index contributed by atoms with van der Waals surface area (Å²) in [5.41, 5.74) is -0.0589. The Morgan fingerprint density at radius 1 is 1.20 bits per heavy atom. The topological polar surface area (TPSA) is 63.6 Å². The molecule has 1 aromatic rings. The van der Waals surface area contributed by atoms with Crippen molar-refractivity contribution >= 4 is 9.84 Å². The molecule has 1 N–H and O–H groups in total. The Kier molecular flexibility index (Phi) is 5.59. The van der Waals surface area contributed by atoms with Crippen LogP contribution in [0.15, 0.2) is 24.3 Å². The van der Waals surface area contributed by atoms with Crippen molar-refractivity contribution in [2.45, 2.75) is 45.0 Å². The van der Waals surface area contributed by atoms with Crippen molar-refractivity contribution in [3.05, 3.63) is 29.8 Å². The van der Waals surface area contributed by atoms with Crippen LogP contribution >= 0.6 is 0 Å². The zero-order chi connectivity index (χ0) is 15.4. The van der Waals surface area contributed by atoms with Gasteiger partial charge in [0.2, 0.25) is 0 Å². The summed E-state index contributed by atoms with van der Waals surface area (Å²) in [6.45, 7) is 7.18. The molecule has 0 saturated heterocycles. The van der Waals surface area contributed by atoms with Crippen LogP contribution in [0.5, 0.6) is 5.75 Å². The van der Waals surface area contributed by atoms with E-state index in [9.17, 15) is 13.5 Å². The first-order valence-electron chi connectivity index (χ1n) is 6.80. The SMILES string of the molecule is CC(C)S(=O)(=O)CCCOc1ccc(C(C)(C)O)cc1. The predicted molar refractivity (Wildman–Crippen MR) is 80.7 cm³/mol. The molecule has 1 rings (SSSR count). The van der Waals surface area contributed by atoms with E-state index in [1.165, 1.54) is 0 Å². The number of hydrogen-bond donors (Lipinski definition) is 1. The third kappa shape index (κ3) is 5.13. The number of rotatable bonds is 7. The van der Waals surface area contributed by atoms with Crippen molar-refractivity contribution in [3.63, 3.8) is 0 Å². The highest BCUT2D eigenvalue weighted by Crippen LogP contribution is 2.22. The lowest BCUT2D eigenvalue weighted by Crippen LogP contribution is -2.19. The Bertz CT molecular complexity index is 510. The molecule has 0 aliphatic heterocycles. The van der Waals surface area contributed by atoms with E-state index >= 15 is 0 Å². The summed E-state index contributed by atoms with van der Waals surface area (Å²) in [5, 5.41) is 9.49. The highest BCUT2D eigenvalue weighted by atomic mass is 32.2. The van der Waals surface area contributed by atoms with E-state index in [4.69, 9.17) is 4.74 Å². The Labute approximate surface area is 121 Å². The maximum Gasteiger partial charge on any atom is 0.152 e. The summed E-state index contributed by atoms with van der Waals surface area (Å²) in [4.78, 5) is 0. The molecule has 5 heteroatoms. The Morgan fingerprint density at radius 2 is 1.75 bits per heavy atom. The van der Waals surface area contributed by atoms with E-state index in [1.54, 1.807) is 52.0 Å². The molecule has 0 atom stereocenters. The fourth-order valence-electron chi connectivity index (χ4n) is 1.64. The van der Waals surface area contributed by atoms with Crippen molar-refractivity contribution in [1.82, 2.24) is 0 Å². The van der Waals surface area contributed by atoms with Crippen LogP contribution in [0.1, 0.15) is 39.7 Å². The number of ether oxygens (including phenoxy) is 1. The van der Waals surface area contributed by atoms with Gasteiger partial charge in [0, 0.05) is 0 Å².